The normalized spacial score (nSPS) is 12.0. The SMILES string of the molecule is Cc1ccc(C(C)NC(=O)c2cc(Cl)nc(Cl)c2)c(C)c1. The Labute approximate surface area is 134 Å². The van der Waals surface area contributed by atoms with E-state index in [1.54, 1.807) is 0 Å². The molecule has 3 nitrogen and oxygen atoms in total. The number of amides is 1. The van der Waals surface area contributed by atoms with E-state index < -0.39 is 0 Å². The molecule has 1 unspecified atom stereocenters. The highest BCUT2D eigenvalue weighted by molar-refractivity contribution is 6.33. The van der Waals surface area contributed by atoms with E-state index in [0.717, 1.165) is 11.1 Å². The molecule has 2 rings (SSSR count). The molecule has 0 aliphatic heterocycles. The molecular weight excluding hydrogens is 307 g/mol. The van der Waals surface area contributed by atoms with Crippen molar-refractivity contribution >= 4 is 29.1 Å². The zero-order valence-corrected chi connectivity index (χ0v) is 13.6. The molecule has 1 aromatic heterocycles. The van der Waals surface area contributed by atoms with Gasteiger partial charge < -0.3 is 5.32 Å². The van der Waals surface area contributed by atoms with E-state index >= 15 is 0 Å². The quantitative estimate of drug-likeness (QED) is 0.845. The van der Waals surface area contributed by atoms with Crippen LogP contribution in [0, 0.1) is 13.8 Å². The van der Waals surface area contributed by atoms with Crippen molar-refractivity contribution in [3.63, 3.8) is 0 Å². The summed E-state index contributed by atoms with van der Waals surface area (Å²) in [6.07, 6.45) is 0. The van der Waals surface area contributed by atoms with E-state index in [0.29, 0.717) is 5.56 Å². The summed E-state index contributed by atoms with van der Waals surface area (Å²) in [4.78, 5) is 16.1. The number of aryl methyl sites for hydroxylation is 2. The van der Waals surface area contributed by atoms with Crippen molar-refractivity contribution in [3.05, 3.63) is 62.9 Å². The van der Waals surface area contributed by atoms with Crippen LogP contribution < -0.4 is 5.32 Å². The molecule has 0 aliphatic carbocycles. The second-order valence-electron chi connectivity index (χ2n) is 5.06. The third kappa shape index (κ3) is 3.96. The van der Waals surface area contributed by atoms with E-state index in [2.05, 4.69) is 16.4 Å². The average Bonchev–Trinajstić information content (AvgIpc) is 2.37. The van der Waals surface area contributed by atoms with Gasteiger partial charge in [-0.15, -0.1) is 0 Å². The van der Waals surface area contributed by atoms with E-state index in [9.17, 15) is 4.79 Å². The second-order valence-corrected chi connectivity index (χ2v) is 5.83. The van der Waals surface area contributed by atoms with Crippen LogP contribution in [-0.4, -0.2) is 10.9 Å². The fourth-order valence-corrected chi connectivity index (χ4v) is 2.73. The summed E-state index contributed by atoms with van der Waals surface area (Å²) in [7, 11) is 0. The maximum Gasteiger partial charge on any atom is 0.251 e. The Morgan fingerprint density at radius 1 is 1.14 bits per heavy atom. The van der Waals surface area contributed by atoms with Gasteiger partial charge in [0.25, 0.3) is 5.91 Å². The van der Waals surface area contributed by atoms with E-state index in [1.807, 2.05) is 32.9 Å². The molecule has 0 bridgehead atoms. The minimum atomic E-state index is -0.228. The number of nitrogens with one attached hydrogen (secondary N) is 1. The van der Waals surface area contributed by atoms with Crippen LogP contribution in [0.1, 0.15) is 40.0 Å². The highest BCUT2D eigenvalue weighted by atomic mass is 35.5. The van der Waals surface area contributed by atoms with Crippen molar-refractivity contribution in [2.75, 3.05) is 0 Å². The van der Waals surface area contributed by atoms with Crippen molar-refractivity contribution in [3.8, 4) is 0 Å². The minimum Gasteiger partial charge on any atom is -0.346 e. The van der Waals surface area contributed by atoms with Crippen LogP contribution in [0.4, 0.5) is 0 Å². The van der Waals surface area contributed by atoms with Crippen LogP contribution in [-0.2, 0) is 0 Å². The first-order valence-corrected chi connectivity index (χ1v) is 7.33. The van der Waals surface area contributed by atoms with E-state index in [1.165, 1.54) is 17.7 Å². The van der Waals surface area contributed by atoms with Crippen molar-refractivity contribution in [1.29, 1.82) is 0 Å². The van der Waals surface area contributed by atoms with Gasteiger partial charge in [0.15, 0.2) is 0 Å². The van der Waals surface area contributed by atoms with Gasteiger partial charge in [-0.3, -0.25) is 4.79 Å². The largest absolute Gasteiger partial charge is 0.346 e. The molecule has 0 aliphatic rings. The number of hydrogen-bond acceptors (Lipinski definition) is 2. The lowest BCUT2D eigenvalue weighted by atomic mass is 10.00. The molecule has 5 heteroatoms. The maximum absolute atomic E-state index is 12.3. The average molecular weight is 323 g/mol. The van der Waals surface area contributed by atoms with Crippen LogP contribution in [0.2, 0.25) is 10.3 Å². The standard InChI is InChI=1S/C16H16Cl2N2O/c1-9-4-5-13(10(2)6-9)11(3)19-16(21)12-7-14(17)20-15(18)8-12/h4-8,11H,1-3H3,(H,19,21). The van der Waals surface area contributed by atoms with Gasteiger partial charge in [-0.1, -0.05) is 47.0 Å². The highest BCUT2D eigenvalue weighted by Gasteiger charge is 2.14. The van der Waals surface area contributed by atoms with Gasteiger partial charge in [0.05, 0.1) is 6.04 Å². The van der Waals surface area contributed by atoms with Crippen LogP contribution in [0.3, 0.4) is 0 Å². The first kappa shape index (κ1) is 15.8. The van der Waals surface area contributed by atoms with Gasteiger partial charge >= 0.3 is 0 Å². The first-order valence-electron chi connectivity index (χ1n) is 6.58. The van der Waals surface area contributed by atoms with Crippen molar-refractivity contribution in [2.45, 2.75) is 26.8 Å². The molecule has 0 spiro atoms. The molecule has 0 radical (unpaired) electrons. The van der Waals surface area contributed by atoms with Crippen LogP contribution in [0.25, 0.3) is 0 Å². The molecule has 2 aromatic rings. The van der Waals surface area contributed by atoms with Gasteiger partial charge in [0.2, 0.25) is 0 Å². The number of benzene rings is 1. The van der Waals surface area contributed by atoms with Gasteiger partial charge in [0.1, 0.15) is 10.3 Å². The molecule has 1 heterocycles. The molecule has 1 amide bonds. The van der Waals surface area contributed by atoms with Gasteiger partial charge in [-0.05, 0) is 44.0 Å². The number of aromatic nitrogens is 1. The lowest BCUT2D eigenvalue weighted by Gasteiger charge is -2.17. The fourth-order valence-electron chi connectivity index (χ4n) is 2.27. The molecule has 110 valence electrons. The Hall–Kier alpha value is -1.58. The van der Waals surface area contributed by atoms with E-state index in [-0.39, 0.29) is 22.3 Å². The maximum atomic E-state index is 12.3. The summed E-state index contributed by atoms with van der Waals surface area (Å²) in [5.74, 6) is -0.228. The molecular formula is C16H16Cl2N2O. The van der Waals surface area contributed by atoms with Crippen molar-refractivity contribution < 1.29 is 4.79 Å². The van der Waals surface area contributed by atoms with Crippen LogP contribution in [0.15, 0.2) is 30.3 Å². The van der Waals surface area contributed by atoms with Crippen LogP contribution >= 0.6 is 23.2 Å². The number of hydrogen-bond donors (Lipinski definition) is 1. The second kappa shape index (κ2) is 6.46. The number of carbonyl (C=O) groups excluding carboxylic acids is 1. The summed E-state index contributed by atoms with van der Waals surface area (Å²) in [5, 5.41) is 3.34. The molecule has 1 N–H and O–H groups in total. The molecule has 1 atom stereocenters. The number of carbonyl (C=O) groups is 1. The van der Waals surface area contributed by atoms with Gasteiger partial charge in [-0.25, -0.2) is 4.98 Å². The molecule has 0 fully saturated rings. The Balaban J connectivity index is 2.18. The lowest BCUT2D eigenvalue weighted by Crippen LogP contribution is -2.27. The Bertz CT molecular complexity index is 666. The van der Waals surface area contributed by atoms with Crippen molar-refractivity contribution in [2.24, 2.45) is 0 Å². The zero-order chi connectivity index (χ0) is 15.6. The summed E-state index contributed by atoms with van der Waals surface area (Å²) in [6, 6.07) is 9.05. The lowest BCUT2D eigenvalue weighted by molar-refractivity contribution is 0.0939. The molecule has 1 aromatic carbocycles. The third-order valence-corrected chi connectivity index (χ3v) is 3.65. The Kier molecular flexibility index (Phi) is 4.86. The summed E-state index contributed by atoms with van der Waals surface area (Å²) in [6.45, 7) is 6.02. The minimum absolute atomic E-state index is 0.108. The predicted octanol–water partition coefficient (Wildman–Crippen LogP) is 4.50. The number of halogens is 2. The van der Waals surface area contributed by atoms with E-state index in [4.69, 9.17) is 23.2 Å². The Morgan fingerprint density at radius 3 is 2.33 bits per heavy atom. The molecule has 21 heavy (non-hydrogen) atoms. The third-order valence-electron chi connectivity index (χ3n) is 3.26. The van der Waals surface area contributed by atoms with Gasteiger partial charge in [-0.2, -0.15) is 0 Å². The van der Waals surface area contributed by atoms with Crippen molar-refractivity contribution in [1.82, 2.24) is 10.3 Å². The van der Waals surface area contributed by atoms with Crippen LogP contribution in [0.5, 0.6) is 0 Å². The predicted molar refractivity (Wildman–Crippen MR) is 86.1 cm³/mol. The van der Waals surface area contributed by atoms with Gasteiger partial charge in [0, 0.05) is 5.56 Å². The number of pyridine rings is 1. The summed E-state index contributed by atoms with van der Waals surface area (Å²) < 4.78 is 0. The monoisotopic (exact) mass is 322 g/mol. The molecule has 0 saturated heterocycles. The first-order chi connectivity index (χ1) is 9.86. The molecule has 0 saturated carbocycles. The Morgan fingerprint density at radius 2 is 1.76 bits per heavy atom. The summed E-state index contributed by atoms with van der Waals surface area (Å²) in [5.41, 5.74) is 3.83. The number of rotatable bonds is 3. The number of nitrogens with zero attached hydrogens (tertiary/aromatic N) is 1. The zero-order valence-electron chi connectivity index (χ0n) is 12.1. The highest BCUT2D eigenvalue weighted by Crippen LogP contribution is 2.20. The topological polar surface area (TPSA) is 42.0 Å². The summed E-state index contributed by atoms with van der Waals surface area (Å²) >= 11 is 11.6. The fraction of sp³-hybridized carbons (Fsp3) is 0.250. The smallest absolute Gasteiger partial charge is 0.251 e.